The number of hydrogen-bond donors (Lipinski definition) is 1. The van der Waals surface area contributed by atoms with Gasteiger partial charge in [-0.1, -0.05) is 5.16 Å². The zero-order chi connectivity index (χ0) is 15.7. The minimum absolute atomic E-state index is 0. The Morgan fingerprint density at radius 2 is 2.30 bits per heavy atom. The Balaban J connectivity index is 0.00000192. The van der Waals surface area contributed by atoms with Crippen molar-refractivity contribution >= 4 is 18.1 Å². The molecule has 1 unspecified atom stereocenters. The van der Waals surface area contributed by atoms with Crippen molar-refractivity contribution in [3.05, 3.63) is 40.0 Å². The van der Waals surface area contributed by atoms with Gasteiger partial charge in [0, 0.05) is 19.6 Å². The normalized spacial score (nSPS) is 18.4. The SMILES string of the molecule is CN1CCNCC1c1noc(-c2ccc(F)cc2[N+](=O)[O-])n1.Cl. The molecule has 2 heterocycles. The Hall–Kier alpha value is -2.10. The number of aromatic nitrogens is 2. The van der Waals surface area contributed by atoms with Gasteiger partial charge in [-0.2, -0.15) is 4.98 Å². The highest BCUT2D eigenvalue weighted by atomic mass is 35.5. The minimum Gasteiger partial charge on any atom is -0.334 e. The van der Waals surface area contributed by atoms with E-state index in [0.717, 1.165) is 25.2 Å². The molecule has 1 fully saturated rings. The third-order valence-corrected chi connectivity index (χ3v) is 3.64. The smallest absolute Gasteiger partial charge is 0.285 e. The van der Waals surface area contributed by atoms with Crippen LogP contribution < -0.4 is 5.32 Å². The van der Waals surface area contributed by atoms with Crippen LogP contribution in [0.1, 0.15) is 11.9 Å². The molecule has 8 nitrogen and oxygen atoms in total. The number of piperazine rings is 1. The molecule has 1 N–H and O–H groups in total. The summed E-state index contributed by atoms with van der Waals surface area (Å²) in [4.78, 5) is 16.7. The van der Waals surface area contributed by atoms with Crippen LogP contribution in [-0.4, -0.2) is 46.6 Å². The summed E-state index contributed by atoms with van der Waals surface area (Å²) < 4.78 is 18.3. The lowest BCUT2D eigenvalue weighted by Crippen LogP contribution is -2.44. The molecular weight excluding hydrogens is 329 g/mol. The van der Waals surface area contributed by atoms with Gasteiger partial charge in [0.05, 0.1) is 17.0 Å². The zero-order valence-electron chi connectivity index (χ0n) is 12.2. The van der Waals surface area contributed by atoms with Crippen LogP contribution >= 0.6 is 12.4 Å². The third-order valence-electron chi connectivity index (χ3n) is 3.64. The third kappa shape index (κ3) is 3.46. The van der Waals surface area contributed by atoms with Crippen molar-refractivity contribution in [1.29, 1.82) is 0 Å². The first-order chi connectivity index (χ1) is 10.6. The monoisotopic (exact) mass is 343 g/mol. The minimum atomic E-state index is -0.689. The van der Waals surface area contributed by atoms with Crippen molar-refractivity contribution in [3.63, 3.8) is 0 Å². The fraction of sp³-hybridized carbons (Fsp3) is 0.385. The Morgan fingerprint density at radius 1 is 1.52 bits per heavy atom. The van der Waals surface area contributed by atoms with Crippen LogP contribution in [0, 0.1) is 15.9 Å². The van der Waals surface area contributed by atoms with E-state index in [9.17, 15) is 14.5 Å². The Labute approximate surface area is 137 Å². The highest BCUT2D eigenvalue weighted by Crippen LogP contribution is 2.30. The van der Waals surface area contributed by atoms with Crippen LogP contribution in [0.25, 0.3) is 11.5 Å². The molecule has 0 amide bonds. The molecule has 1 atom stereocenters. The largest absolute Gasteiger partial charge is 0.334 e. The molecule has 1 aliphatic heterocycles. The van der Waals surface area contributed by atoms with Gasteiger partial charge in [-0.3, -0.25) is 15.0 Å². The first-order valence-electron chi connectivity index (χ1n) is 6.75. The maximum Gasteiger partial charge on any atom is 0.285 e. The maximum absolute atomic E-state index is 13.2. The molecule has 1 aromatic heterocycles. The van der Waals surface area contributed by atoms with E-state index in [2.05, 4.69) is 20.4 Å². The second-order valence-electron chi connectivity index (χ2n) is 5.08. The molecule has 124 valence electrons. The average Bonchev–Trinajstić information content (AvgIpc) is 2.97. The molecule has 1 aliphatic rings. The molecule has 0 saturated carbocycles. The Bertz CT molecular complexity index is 711. The van der Waals surface area contributed by atoms with Crippen molar-refractivity contribution in [3.8, 4) is 11.5 Å². The number of benzene rings is 1. The van der Waals surface area contributed by atoms with E-state index in [1.54, 1.807) is 0 Å². The molecule has 2 aromatic rings. The van der Waals surface area contributed by atoms with Gasteiger partial charge in [-0.25, -0.2) is 4.39 Å². The number of rotatable bonds is 3. The second kappa shape index (κ2) is 6.99. The molecule has 1 aromatic carbocycles. The number of nitro groups is 1. The summed E-state index contributed by atoms with van der Waals surface area (Å²) in [6.07, 6.45) is 0. The molecule has 0 spiro atoms. The quantitative estimate of drug-likeness (QED) is 0.670. The molecule has 3 rings (SSSR count). The van der Waals surface area contributed by atoms with E-state index < -0.39 is 16.4 Å². The Kier molecular flexibility index (Phi) is 5.24. The molecule has 10 heteroatoms. The number of hydrogen-bond acceptors (Lipinski definition) is 7. The molecule has 1 saturated heterocycles. The lowest BCUT2D eigenvalue weighted by molar-refractivity contribution is -0.384. The number of nitro benzene ring substituents is 1. The van der Waals surface area contributed by atoms with Gasteiger partial charge in [0.2, 0.25) is 0 Å². The van der Waals surface area contributed by atoms with Gasteiger partial charge in [-0.15, -0.1) is 12.4 Å². The van der Waals surface area contributed by atoms with Crippen LogP contribution in [0.3, 0.4) is 0 Å². The summed E-state index contributed by atoms with van der Waals surface area (Å²) in [5.41, 5.74) is -0.290. The molecular formula is C13H15ClFN5O3. The highest BCUT2D eigenvalue weighted by molar-refractivity contribution is 5.85. The van der Waals surface area contributed by atoms with E-state index in [0.29, 0.717) is 12.4 Å². The van der Waals surface area contributed by atoms with Crippen molar-refractivity contribution in [2.75, 3.05) is 26.7 Å². The van der Waals surface area contributed by atoms with E-state index >= 15 is 0 Å². The molecule has 0 radical (unpaired) electrons. The summed E-state index contributed by atoms with van der Waals surface area (Å²) in [7, 11) is 1.95. The summed E-state index contributed by atoms with van der Waals surface area (Å²) >= 11 is 0. The van der Waals surface area contributed by atoms with Gasteiger partial charge in [-0.05, 0) is 19.2 Å². The van der Waals surface area contributed by atoms with E-state index in [4.69, 9.17) is 4.52 Å². The van der Waals surface area contributed by atoms with Crippen molar-refractivity contribution < 1.29 is 13.8 Å². The summed E-state index contributed by atoms with van der Waals surface area (Å²) in [5.74, 6) is -0.226. The van der Waals surface area contributed by atoms with Gasteiger partial charge >= 0.3 is 0 Å². The molecule has 23 heavy (non-hydrogen) atoms. The fourth-order valence-electron chi connectivity index (χ4n) is 2.41. The van der Waals surface area contributed by atoms with E-state index in [-0.39, 0.29) is 29.9 Å². The lowest BCUT2D eigenvalue weighted by atomic mass is 10.1. The number of nitrogens with zero attached hydrogens (tertiary/aromatic N) is 4. The highest BCUT2D eigenvalue weighted by Gasteiger charge is 2.27. The predicted molar refractivity (Wildman–Crippen MR) is 81.8 cm³/mol. The van der Waals surface area contributed by atoms with Crippen molar-refractivity contribution in [2.24, 2.45) is 0 Å². The summed E-state index contributed by atoms with van der Waals surface area (Å²) in [6, 6.07) is 3.17. The maximum atomic E-state index is 13.2. The summed E-state index contributed by atoms with van der Waals surface area (Å²) in [5, 5.41) is 18.2. The van der Waals surface area contributed by atoms with E-state index in [1.165, 1.54) is 6.07 Å². The van der Waals surface area contributed by atoms with Crippen LogP contribution in [0.4, 0.5) is 10.1 Å². The van der Waals surface area contributed by atoms with Gasteiger partial charge < -0.3 is 9.84 Å². The van der Waals surface area contributed by atoms with Crippen LogP contribution in [0.5, 0.6) is 0 Å². The first-order valence-corrected chi connectivity index (χ1v) is 6.75. The summed E-state index contributed by atoms with van der Waals surface area (Å²) in [6.45, 7) is 2.38. The predicted octanol–water partition coefficient (Wildman–Crippen LogP) is 1.78. The molecule has 0 bridgehead atoms. The van der Waals surface area contributed by atoms with Gasteiger partial charge in [0.1, 0.15) is 11.4 Å². The van der Waals surface area contributed by atoms with Gasteiger partial charge in [0.15, 0.2) is 5.82 Å². The van der Waals surface area contributed by atoms with E-state index in [1.807, 2.05) is 7.05 Å². The second-order valence-corrected chi connectivity index (χ2v) is 5.08. The number of likely N-dealkylation sites (N-methyl/N-ethyl adjacent to an activating group) is 1. The van der Waals surface area contributed by atoms with Crippen molar-refractivity contribution in [1.82, 2.24) is 20.4 Å². The molecule has 0 aliphatic carbocycles. The van der Waals surface area contributed by atoms with Crippen LogP contribution in [-0.2, 0) is 0 Å². The number of nitrogens with one attached hydrogen (secondary N) is 1. The average molecular weight is 344 g/mol. The topological polar surface area (TPSA) is 97.3 Å². The standard InChI is InChI=1S/C13H14FN5O3.ClH/c1-18-5-4-15-7-11(18)12-16-13(22-17-12)9-3-2-8(14)6-10(9)19(20)21;/h2-3,6,11,15H,4-5,7H2,1H3;1H. The fourth-order valence-corrected chi connectivity index (χ4v) is 2.41. The van der Waals surface area contributed by atoms with Crippen LogP contribution in [0.2, 0.25) is 0 Å². The van der Waals surface area contributed by atoms with Crippen molar-refractivity contribution in [2.45, 2.75) is 6.04 Å². The lowest BCUT2D eigenvalue weighted by Gasteiger charge is -2.30. The Morgan fingerprint density at radius 3 is 3.00 bits per heavy atom. The number of halogens is 2. The van der Waals surface area contributed by atoms with Crippen LogP contribution in [0.15, 0.2) is 22.7 Å². The van der Waals surface area contributed by atoms with Gasteiger partial charge in [0.25, 0.3) is 11.6 Å². The zero-order valence-corrected chi connectivity index (χ0v) is 13.0. The first kappa shape index (κ1) is 17.3.